The lowest BCUT2D eigenvalue weighted by Crippen LogP contribution is -2.36. The number of hydrogen-bond acceptors (Lipinski definition) is 6. The predicted molar refractivity (Wildman–Crippen MR) is 100 cm³/mol. The Morgan fingerprint density at radius 1 is 1.19 bits per heavy atom. The van der Waals surface area contributed by atoms with E-state index in [1.165, 1.54) is 16.5 Å². The lowest BCUT2D eigenvalue weighted by atomic mass is 9.89. The first-order chi connectivity index (χ1) is 13.1. The van der Waals surface area contributed by atoms with Crippen molar-refractivity contribution in [2.45, 2.75) is 25.5 Å². The zero-order chi connectivity index (χ0) is 18.8. The van der Waals surface area contributed by atoms with Gasteiger partial charge in [-0.05, 0) is 56.1 Å². The molecule has 0 aromatic carbocycles. The van der Waals surface area contributed by atoms with Gasteiger partial charge in [0.15, 0.2) is 11.4 Å². The second-order valence-corrected chi connectivity index (χ2v) is 6.99. The van der Waals surface area contributed by atoms with Crippen molar-refractivity contribution in [3.8, 4) is 5.75 Å². The third-order valence-corrected chi connectivity index (χ3v) is 5.18. The molecule has 1 atom stereocenters. The standard InChI is InChI=1S/C20H22N4O3/c25-17-5-3-9-24-18(26)12-15(22-20(17)24)13-23-10-6-14(7-11-23)19(27)16-4-1-2-8-21-16/h1-5,8-9,12,14,19,25,27H,6-7,10-11,13H2/t19-/m1/s1. The van der Waals surface area contributed by atoms with Crippen molar-refractivity contribution in [1.82, 2.24) is 19.3 Å². The van der Waals surface area contributed by atoms with Crippen molar-refractivity contribution in [3.63, 3.8) is 0 Å². The maximum Gasteiger partial charge on any atom is 0.258 e. The summed E-state index contributed by atoms with van der Waals surface area (Å²) >= 11 is 0. The Morgan fingerprint density at radius 2 is 2.00 bits per heavy atom. The Kier molecular flexibility index (Phi) is 4.87. The van der Waals surface area contributed by atoms with E-state index < -0.39 is 6.10 Å². The Labute approximate surface area is 156 Å². The monoisotopic (exact) mass is 366 g/mol. The van der Waals surface area contributed by atoms with E-state index in [4.69, 9.17) is 0 Å². The summed E-state index contributed by atoms with van der Waals surface area (Å²) in [6, 6.07) is 10.2. The van der Waals surface area contributed by atoms with Gasteiger partial charge < -0.3 is 10.2 Å². The summed E-state index contributed by atoms with van der Waals surface area (Å²) in [5.41, 5.74) is 1.44. The Morgan fingerprint density at radius 3 is 2.74 bits per heavy atom. The summed E-state index contributed by atoms with van der Waals surface area (Å²) in [7, 11) is 0. The quantitative estimate of drug-likeness (QED) is 0.731. The maximum absolute atomic E-state index is 12.2. The number of pyridine rings is 2. The van der Waals surface area contributed by atoms with Gasteiger partial charge in [0.05, 0.1) is 17.5 Å². The van der Waals surface area contributed by atoms with E-state index in [0.29, 0.717) is 12.2 Å². The highest BCUT2D eigenvalue weighted by Crippen LogP contribution is 2.30. The molecule has 0 radical (unpaired) electrons. The molecular formula is C20H22N4O3. The minimum Gasteiger partial charge on any atom is -0.504 e. The summed E-state index contributed by atoms with van der Waals surface area (Å²) in [6.45, 7) is 2.18. The smallest absolute Gasteiger partial charge is 0.258 e. The lowest BCUT2D eigenvalue weighted by Gasteiger charge is -2.33. The molecule has 4 heterocycles. The number of likely N-dealkylation sites (tertiary alicyclic amines) is 1. The molecule has 1 saturated heterocycles. The molecule has 1 fully saturated rings. The first-order valence-electron chi connectivity index (χ1n) is 9.13. The lowest BCUT2D eigenvalue weighted by molar-refractivity contribution is 0.0537. The van der Waals surface area contributed by atoms with Crippen molar-refractivity contribution in [2.24, 2.45) is 5.92 Å². The van der Waals surface area contributed by atoms with Gasteiger partial charge in [-0.15, -0.1) is 0 Å². The van der Waals surface area contributed by atoms with Crippen LogP contribution in [0.25, 0.3) is 5.65 Å². The maximum atomic E-state index is 12.2. The summed E-state index contributed by atoms with van der Waals surface area (Å²) in [5, 5.41) is 20.5. The van der Waals surface area contributed by atoms with Crippen LogP contribution in [0.15, 0.2) is 53.6 Å². The van der Waals surface area contributed by atoms with Gasteiger partial charge in [0.2, 0.25) is 0 Å². The first-order valence-corrected chi connectivity index (χ1v) is 9.13. The van der Waals surface area contributed by atoms with Crippen molar-refractivity contribution < 1.29 is 10.2 Å². The van der Waals surface area contributed by atoms with Gasteiger partial charge in [0.25, 0.3) is 5.56 Å². The van der Waals surface area contributed by atoms with Crippen LogP contribution in [-0.4, -0.2) is 42.6 Å². The van der Waals surface area contributed by atoms with Crippen molar-refractivity contribution in [1.29, 1.82) is 0 Å². The van der Waals surface area contributed by atoms with E-state index in [1.54, 1.807) is 18.5 Å². The largest absolute Gasteiger partial charge is 0.504 e. The van der Waals surface area contributed by atoms with Gasteiger partial charge in [-0.2, -0.15) is 0 Å². The highest BCUT2D eigenvalue weighted by molar-refractivity contribution is 5.52. The number of aromatic hydroxyl groups is 1. The van der Waals surface area contributed by atoms with Gasteiger partial charge in [0, 0.05) is 25.0 Å². The summed E-state index contributed by atoms with van der Waals surface area (Å²) in [5.74, 6) is 0.170. The molecule has 1 aliphatic heterocycles. The second kappa shape index (κ2) is 7.46. The van der Waals surface area contributed by atoms with Gasteiger partial charge in [0.1, 0.15) is 0 Å². The highest BCUT2D eigenvalue weighted by atomic mass is 16.3. The average molecular weight is 366 g/mol. The molecule has 2 N–H and O–H groups in total. The fourth-order valence-corrected chi connectivity index (χ4v) is 3.69. The molecule has 1 aliphatic rings. The third-order valence-electron chi connectivity index (χ3n) is 5.18. The van der Waals surface area contributed by atoms with Crippen molar-refractivity contribution >= 4 is 5.65 Å². The van der Waals surface area contributed by atoms with E-state index in [9.17, 15) is 15.0 Å². The van der Waals surface area contributed by atoms with Crippen LogP contribution in [0.3, 0.4) is 0 Å². The Bertz CT molecular complexity index is 981. The SMILES string of the molecule is O=c1cc(CN2CCC([C@@H](O)c3ccccn3)CC2)nc2c(O)cccn12. The molecule has 27 heavy (non-hydrogen) atoms. The van der Waals surface area contributed by atoms with Crippen LogP contribution >= 0.6 is 0 Å². The zero-order valence-corrected chi connectivity index (χ0v) is 14.9. The number of rotatable bonds is 4. The van der Waals surface area contributed by atoms with Gasteiger partial charge >= 0.3 is 0 Å². The van der Waals surface area contributed by atoms with Crippen LogP contribution in [0, 0.1) is 5.92 Å². The van der Waals surface area contributed by atoms with Crippen LogP contribution in [0.5, 0.6) is 5.75 Å². The van der Waals surface area contributed by atoms with Gasteiger partial charge in [-0.25, -0.2) is 4.98 Å². The average Bonchev–Trinajstić information content (AvgIpc) is 2.70. The molecule has 140 valence electrons. The van der Waals surface area contributed by atoms with Crippen molar-refractivity contribution in [3.05, 3.63) is 70.5 Å². The van der Waals surface area contributed by atoms with Crippen LogP contribution in [0.2, 0.25) is 0 Å². The topological polar surface area (TPSA) is 91.0 Å². The van der Waals surface area contributed by atoms with Gasteiger partial charge in [-0.1, -0.05) is 6.07 Å². The zero-order valence-electron chi connectivity index (χ0n) is 14.9. The van der Waals surface area contributed by atoms with Crippen molar-refractivity contribution in [2.75, 3.05) is 13.1 Å². The predicted octanol–water partition coefficient (Wildman–Crippen LogP) is 1.74. The second-order valence-electron chi connectivity index (χ2n) is 6.99. The van der Waals surface area contributed by atoms with E-state index >= 15 is 0 Å². The van der Waals surface area contributed by atoms with Crippen LogP contribution < -0.4 is 5.56 Å². The Hall–Kier alpha value is -2.77. The molecule has 4 rings (SSSR count). The first kappa shape index (κ1) is 17.6. The van der Waals surface area contributed by atoms with Crippen LogP contribution in [-0.2, 0) is 6.54 Å². The number of fused-ring (bicyclic) bond motifs is 1. The fourth-order valence-electron chi connectivity index (χ4n) is 3.69. The normalized spacial score (nSPS) is 17.2. The number of nitrogens with zero attached hydrogens (tertiary/aromatic N) is 4. The van der Waals surface area contributed by atoms with Gasteiger partial charge in [-0.3, -0.25) is 19.1 Å². The van der Waals surface area contributed by atoms with Crippen LogP contribution in [0.4, 0.5) is 0 Å². The summed E-state index contributed by atoms with van der Waals surface area (Å²) in [6.07, 6.45) is 4.46. The molecule has 0 saturated carbocycles. The van der Waals surface area contributed by atoms with E-state index in [2.05, 4.69) is 14.9 Å². The minimum absolute atomic E-state index is 0.00589. The molecule has 0 aliphatic carbocycles. The number of aliphatic hydroxyl groups excluding tert-OH is 1. The molecular weight excluding hydrogens is 344 g/mol. The summed E-state index contributed by atoms with van der Waals surface area (Å²) in [4.78, 5) is 23.2. The highest BCUT2D eigenvalue weighted by Gasteiger charge is 2.27. The minimum atomic E-state index is -0.547. The molecule has 0 bridgehead atoms. The number of aromatic nitrogens is 3. The van der Waals surface area contributed by atoms with E-state index in [-0.39, 0.29) is 22.9 Å². The van der Waals surface area contributed by atoms with E-state index in [0.717, 1.165) is 31.6 Å². The Balaban J connectivity index is 1.43. The number of hydrogen-bond donors (Lipinski definition) is 2. The molecule has 0 unspecified atom stereocenters. The molecule has 3 aromatic rings. The summed E-state index contributed by atoms with van der Waals surface area (Å²) < 4.78 is 1.34. The molecule has 0 amide bonds. The number of piperidine rings is 1. The number of aliphatic hydroxyl groups is 1. The third kappa shape index (κ3) is 3.70. The van der Waals surface area contributed by atoms with E-state index in [1.807, 2.05) is 18.2 Å². The molecule has 7 heteroatoms. The van der Waals surface area contributed by atoms with Crippen LogP contribution in [0.1, 0.15) is 30.3 Å². The molecule has 0 spiro atoms. The molecule has 3 aromatic heterocycles. The molecule has 7 nitrogen and oxygen atoms in total. The fraction of sp³-hybridized carbons (Fsp3) is 0.350.